The lowest BCUT2D eigenvalue weighted by Gasteiger charge is -2.13. The van der Waals surface area contributed by atoms with Gasteiger partial charge in [0.05, 0.1) is 16.4 Å². The number of aromatic amines is 1. The second kappa shape index (κ2) is 9.23. The minimum atomic E-state index is -0.424. The summed E-state index contributed by atoms with van der Waals surface area (Å²) in [4.78, 5) is 44.3. The molecule has 0 fully saturated rings. The number of carbonyl (C=O) groups excluding carboxylic acids is 2. The molecule has 2 aromatic heterocycles. The molecule has 3 aromatic rings. The second-order valence-electron chi connectivity index (χ2n) is 6.79. The van der Waals surface area contributed by atoms with Gasteiger partial charge in [-0.15, -0.1) is 23.1 Å². The Morgan fingerprint density at radius 1 is 1.14 bits per heavy atom. The SMILES string of the molecule is CC(C)C(=O)NNC(=O)C(C)SCc1nc2scc(-c3ccccc3)c2c(=O)[nH]1. The van der Waals surface area contributed by atoms with Gasteiger partial charge in [-0.1, -0.05) is 44.2 Å². The van der Waals surface area contributed by atoms with E-state index in [0.29, 0.717) is 21.8 Å². The predicted octanol–water partition coefficient (Wildman–Crippen LogP) is 3.08. The summed E-state index contributed by atoms with van der Waals surface area (Å²) in [5.74, 6) is 0.107. The van der Waals surface area contributed by atoms with Gasteiger partial charge in [-0.05, 0) is 12.5 Å². The second-order valence-corrected chi connectivity index (χ2v) is 8.98. The van der Waals surface area contributed by atoms with Gasteiger partial charge >= 0.3 is 0 Å². The van der Waals surface area contributed by atoms with Crippen LogP contribution in [0.1, 0.15) is 26.6 Å². The first-order chi connectivity index (χ1) is 13.9. The number of benzene rings is 1. The van der Waals surface area contributed by atoms with Crippen LogP contribution in [0.15, 0.2) is 40.5 Å². The summed E-state index contributed by atoms with van der Waals surface area (Å²) in [7, 11) is 0. The zero-order valence-electron chi connectivity index (χ0n) is 16.3. The van der Waals surface area contributed by atoms with Gasteiger partial charge < -0.3 is 4.98 Å². The van der Waals surface area contributed by atoms with Gasteiger partial charge in [0.2, 0.25) is 5.91 Å². The smallest absolute Gasteiger partial charge is 0.260 e. The molecule has 0 bridgehead atoms. The Hall–Kier alpha value is -2.65. The first kappa shape index (κ1) is 21.1. The maximum absolute atomic E-state index is 12.6. The predicted molar refractivity (Wildman–Crippen MR) is 118 cm³/mol. The Kier molecular flexibility index (Phi) is 6.71. The fourth-order valence-electron chi connectivity index (χ4n) is 2.54. The Morgan fingerprint density at radius 2 is 1.83 bits per heavy atom. The van der Waals surface area contributed by atoms with E-state index in [4.69, 9.17) is 0 Å². The Labute approximate surface area is 176 Å². The monoisotopic (exact) mass is 430 g/mol. The molecule has 1 atom stereocenters. The lowest BCUT2D eigenvalue weighted by atomic mass is 10.1. The summed E-state index contributed by atoms with van der Waals surface area (Å²) in [5, 5.41) is 2.09. The minimum absolute atomic E-state index is 0.188. The molecule has 2 amide bonds. The van der Waals surface area contributed by atoms with Crippen molar-refractivity contribution >= 4 is 45.1 Å². The Bertz CT molecular complexity index is 1080. The van der Waals surface area contributed by atoms with Gasteiger partial charge in [-0.2, -0.15) is 0 Å². The van der Waals surface area contributed by atoms with Crippen LogP contribution in [0.4, 0.5) is 0 Å². The third-order valence-electron chi connectivity index (χ3n) is 4.25. The number of hydrogen-bond donors (Lipinski definition) is 3. The quantitative estimate of drug-likeness (QED) is 0.522. The molecular formula is C20H22N4O3S2. The summed E-state index contributed by atoms with van der Waals surface area (Å²) in [5.41, 5.74) is 6.46. The van der Waals surface area contributed by atoms with Gasteiger partial charge in [-0.3, -0.25) is 25.2 Å². The van der Waals surface area contributed by atoms with Gasteiger partial charge in [0.15, 0.2) is 0 Å². The van der Waals surface area contributed by atoms with Gasteiger partial charge in [0.25, 0.3) is 11.5 Å². The van der Waals surface area contributed by atoms with E-state index in [1.807, 2.05) is 35.7 Å². The summed E-state index contributed by atoms with van der Waals surface area (Å²) in [6, 6.07) is 9.72. The number of amides is 2. The molecule has 0 radical (unpaired) electrons. The number of nitrogens with zero attached hydrogens (tertiary/aromatic N) is 1. The summed E-state index contributed by atoms with van der Waals surface area (Å²) < 4.78 is 0. The lowest BCUT2D eigenvalue weighted by Crippen LogP contribution is -2.46. The molecule has 3 N–H and O–H groups in total. The van der Waals surface area contributed by atoms with Crippen LogP contribution in [0, 0.1) is 5.92 Å². The molecular weight excluding hydrogens is 408 g/mol. The lowest BCUT2D eigenvalue weighted by molar-refractivity contribution is -0.130. The number of thioether (sulfide) groups is 1. The molecule has 0 aliphatic carbocycles. The fourth-order valence-corrected chi connectivity index (χ4v) is 4.26. The molecule has 1 aromatic carbocycles. The normalized spacial score (nSPS) is 12.1. The van der Waals surface area contributed by atoms with Crippen LogP contribution >= 0.6 is 23.1 Å². The van der Waals surface area contributed by atoms with Crippen molar-refractivity contribution in [3.05, 3.63) is 51.9 Å². The van der Waals surface area contributed by atoms with Crippen LogP contribution in [-0.4, -0.2) is 27.0 Å². The third-order valence-corrected chi connectivity index (χ3v) is 6.28. The van der Waals surface area contributed by atoms with Crippen LogP contribution in [0.2, 0.25) is 0 Å². The van der Waals surface area contributed by atoms with E-state index in [1.165, 1.54) is 23.1 Å². The standard InChI is InChI=1S/C20H22N4O3S2/c1-11(2)17(25)23-24-18(26)12(3)28-10-15-21-19(27)16-14(9-29-20(16)22-15)13-7-5-4-6-8-13/h4-9,11-12H,10H2,1-3H3,(H,23,25)(H,24,26)(H,21,22,27). The van der Waals surface area contributed by atoms with Crippen molar-refractivity contribution in [2.75, 3.05) is 0 Å². The zero-order chi connectivity index (χ0) is 21.0. The zero-order valence-corrected chi connectivity index (χ0v) is 17.9. The molecule has 0 saturated heterocycles. The van der Waals surface area contributed by atoms with E-state index in [2.05, 4.69) is 20.8 Å². The van der Waals surface area contributed by atoms with Crippen molar-refractivity contribution < 1.29 is 9.59 Å². The van der Waals surface area contributed by atoms with Crippen LogP contribution < -0.4 is 16.4 Å². The van der Waals surface area contributed by atoms with Gasteiger partial charge in [-0.25, -0.2) is 4.98 Å². The number of aromatic nitrogens is 2. The molecule has 0 saturated carbocycles. The molecule has 3 rings (SSSR count). The fraction of sp³-hybridized carbons (Fsp3) is 0.300. The number of fused-ring (bicyclic) bond motifs is 1. The maximum Gasteiger partial charge on any atom is 0.260 e. The maximum atomic E-state index is 12.6. The molecule has 7 nitrogen and oxygen atoms in total. The number of rotatable bonds is 6. The Balaban J connectivity index is 1.68. The molecule has 29 heavy (non-hydrogen) atoms. The average molecular weight is 431 g/mol. The van der Waals surface area contributed by atoms with Gasteiger partial charge in [0, 0.05) is 16.9 Å². The summed E-state index contributed by atoms with van der Waals surface area (Å²) in [6.45, 7) is 5.22. The van der Waals surface area contributed by atoms with Crippen LogP contribution in [0.5, 0.6) is 0 Å². The molecule has 152 valence electrons. The molecule has 0 aliphatic heterocycles. The summed E-state index contributed by atoms with van der Waals surface area (Å²) in [6.07, 6.45) is 0. The van der Waals surface area contributed by atoms with E-state index in [9.17, 15) is 14.4 Å². The molecule has 1 unspecified atom stereocenters. The first-order valence-electron chi connectivity index (χ1n) is 9.14. The highest BCUT2D eigenvalue weighted by Gasteiger charge is 2.17. The molecule has 2 heterocycles. The van der Waals surface area contributed by atoms with Gasteiger partial charge in [0.1, 0.15) is 10.7 Å². The highest BCUT2D eigenvalue weighted by Crippen LogP contribution is 2.30. The number of H-pyrrole nitrogens is 1. The highest BCUT2D eigenvalue weighted by atomic mass is 32.2. The van der Waals surface area contributed by atoms with Crippen molar-refractivity contribution in [1.29, 1.82) is 0 Å². The van der Waals surface area contributed by atoms with Crippen LogP contribution in [-0.2, 0) is 15.3 Å². The topological polar surface area (TPSA) is 104 Å². The average Bonchev–Trinajstić information content (AvgIpc) is 3.15. The van der Waals surface area contributed by atoms with E-state index in [-0.39, 0.29) is 23.3 Å². The van der Waals surface area contributed by atoms with Crippen molar-refractivity contribution in [3.8, 4) is 11.1 Å². The number of carbonyl (C=O) groups is 2. The number of nitrogens with one attached hydrogen (secondary N) is 3. The van der Waals surface area contributed by atoms with Crippen LogP contribution in [0.25, 0.3) is 21.3 Å². The minimum Gasteiger partial charge on any atom is -0.309 e. The largest absolute Gasteiger partial charge is 0.309 e. The van der Waals surface area contributed by atoms with Crippen LogP contribution in [0.3, 0.4) is 0 Å². The Morgan fingerprint density at radius 3 is 2.52 bits per heavy atom. The molecule has 0 aliphatic rings. The highest BCUT2D eigenvalue weighted by molar-refractivity contribution is 7.99. The summed E-state index contributed by atoms with van der Waals surface area (Å²) >= 11 is 2.75. The van der Waals surface area contributed by atoms with E-state index < -0.39 is 5.25 Å². The number of hydrazine groups is 1. The van der Waals surface area contributed by atoms with E-state index >= 15 is 0 Å². The van der Waals surface area contributed by atoms with Crippen molar-refractivity contribution in [2.24, 2.45) is 5.92 Å². The number of hydrogen-bond acceptors (Lipinski definition) is 6. The van der Waals surface area contributed by atoms with E-state index in [1.54, 1.807) is 20.8 Å². The molecule has 9 heteroatoms. The first-order valence-corrected chi connectivity index (χ1v) is 11.1. The van der Waals surface area contributed by atoms with Crippen molar-refractivity contribution in [3.63, 3.8) is 0 Å². The third kappa shape index (κ3) is 5.04. The molecule has 0 spiro atoms. The number of thiophene rings is 1. The van der Waals surface area contributed by atoms with Crippen molar-refractivity contribution in [1.82, 2.24) is 20.8 Å². The van der Waals surface area contributed by atoms with E-state index in [0.717, 1.165) is 11.1 Å². The van der Waals surface area contributed by atoms with Crippen molar-refractivity contribution in [2.45, 2.75) is 31.8 Å².